The van der Waals surface area contributed by atoms with E-state index in [4.69, 9.17) is 11.6 Å². The minimum absolute atomic E-state index is 0.0268. The highest BCUT2D eigenvalue weighted by atomic mass is 35.5. The zero-order chi connectivity index (χ0) is 15.6. The quantitative estimate of drug-likeness (QED) is 0.828. The lowest BCUT2D eigenvalue weighted by Gasteiger charge is -2.22. The van der Waals surface area contributed by atoms with Crippen molar-refractivity contribution < 1.29 is 4.39 Å². The first kappa shape index (κ1) is 16.0. The number of nitrogens with one attached hydrogen (secondary N) is 1. The molecule has 0 aliphatic carbocycles. The topological polar surface area (TPSA) is 12.0 Å². The lowest BCUT2D eigenvalue weighted by Crippen LogP contribution is -2.23. The molecule has 21 heavy (non-hydrogen) atoms. The Kier molecular flexibility index (Phi) is 5.02. The molecule has 3 heteroatoms. The van der Waals surface area contributed by atoms with Gasteiger partial charge in [0.15, 0.2) is 0 Å². The van der Waals surface area contributed by atoms with Gasteiger partial charge in [-0.25, -0.2) is 4.39 Å². The van der Waals surface area contributed by atoms with E-state index >= 15 is 0 Å². The number of rotatable bonds is 4. The summed E-state index contributed by atoms with van der Waals surface area (Å²) in [5.74, 6) is -0.168. The Morgan fingerprint density at radius 2 is 1.76 bits per heavy atom. The predicted molar refractivity (Wildman–Crippen MR) is 87.6 cm³/mol. The Morgan fingerprint density at radius 3 is 2.38 bits per heavy atom. The molecule has 0 aliphatic heterocycles. The van der Waals surface area contributed by atoms with E-state index in [2.05, 4.69) is 18.3 Å². The number of halogens is 2. The molecule has 0 saturated heterocycles. The fourth-order valence-electron chi connectivity index (χ4n) is 2.51. The van der Waals surface area contributed by atoms with E-state index < -0.39 is 0 Å². The molecule has 0 aliphatic rings. The maximum absolute atomic E-state index is 13.9. The Balaban J connectivity index is 2.52. The Labute approximate surface area is 131 Å². The van der Waals surface area contributed by atoms with Crippen LogP contribution in [0.3, 0.4) is 0 Å². The van der Waals surface area contributed by atoms with E-state index in [9.17, 15) is 4.39 Å². The van der Waals surface area contributed by atoms with Crippen LogP contribution >= 0.6 is 11.6 Å². The van der Waals surface area contributed by atoms with Gasteiger partial charge in [0.2, 0.25) is 0 Å². The van der Waals surface area contributed by atoms with Gasteiger partial charge in [0.1, 0.15) is 5.82 Å². The van der Waals surface area contributed by atoms with E-state index in [-0.39, 0.29) is 11.9 Å². The second kappa shape index (κ2) is 6.59. The standard InChI is InChI=1S/C18H21ClFN/c1-5-21-18(14-7-6-11(2)17(20)10-14)15-8-13(4)16(19)9-12(15)3/h6-10,18,21H,5H2,1-4H3. The third kappa shape index (κ3) is 3.45. The Hall–Kier alpha value is -1.38. The molecule has 1 atom stereocenters. The Morgan fingerprint density at radius 1 is 1.05 bits per heavy atom. The van der Waals surface area contributed by atoms with Crippen molar-refractivity contribution in [2.24, 2.45) is 0 Å². The first-order valence-corrected chi connectivity index (χ1v) is 7.58. The van der Waals surface area contributed by atoms with Gasteiger partial charge in [-0.3, -0.25) is 0 Å². The smallest absolute Gasteiger partial charge is 0.126 e. The summed E-state index contributed by atoms with van der Waals surface area (Å²) in [6.45, 7) is 8.66. The van der Waals surface area contributed by atoms with Crippen molar-refractivity contribution in [1.82, 2.24) is 5.32 Å². The van der Waals surface area contributed by atoms with E-state index in [1.807, 2.05) is 32.0 Å². The van der Waals surface area contributed by atoms with Crippen molar-refractivity contribution in [3.8, 4) is 0 Å². The third-order valence-electron chi connectivity index (χ3n) is 3.80. The van der Waals surface area contributed by atoms with Gasteiger partial charge in [-0.1, -0.05) is 36.7 Å². The second-order valence-corrected chi connectivity index (χ2v) is 5.86. The van der Waals surface area contributed by atoms with Gasteiger partial charge in [0, 0.05) is 5.02 Å². The minimum atomic E-state index is -0.168. The van der Waals surface area contributed by atoms with E-state index in [1.54, 1.807) is 13.0 Å². The van der Waals surface area contributed by atoms with Crippen molar-refractivity contribution >= 4 is 11.6 Å². The summed E-state index contributed by atoms with van der Waals surface area (Å²) < 4.78 is 13.9. The summed E-state index contributed by atoms with van der Waals surface area (Å²) in [4.78, 5) is 0. The summed E-state index contributed by atoms with van der Waals surface area (Å²) in [6.07, 6.45) is 0. The van der Waals surface area contributed by atoms with Crippen LogP contribution in [0.25, 0.3) is 0 Å². The van der Waals surface area contributed by atoms with Crippen molar-refractivity contribution in [3.63, 3.8) is 0 Å². The molecular weight excluding hydrogens is 285 g/mol. The fraction of sp³-hybridized carbons (Fsp3) is 0.333. The van der Waals surface area contributed by atoms with Gasteiger partial charge in [-0.15, -0.1) is 0 Å². The molecule has 1 nitrogen and oxygen atoms in total. The summed E-state index contributed by atoms with van der Waals surface area (Å²) in [5.41, 5.74) is 4.88. The van der Waals surface area contributed by atoms with Gasteiger partial charge in [0.25, 0.3) is 0 Å². The van der Waals surface area contributed by atoms with E-state index in [0.29, 0.717) is 5.56 Å². The van der Waals surface area contributed by atoms with Gasteiger partial charge < -0.3 is 5.32 Å². The Bertz CT molecular complexity index is 652. The first-order valence-electron chi connectivity index (χ1n) is 7.20. The predicted octanol–water partition coefficient (Wildman–Crippen LogP) is 5.10. The molecule has 112 valence electrons. The minimum Gasteiger partial charge on any atom is -0.307 e. The molecule has 0 fully saturated rings. The molecule has 0 heterocycles. The van der Waals surface area contributed by atoms with Gasteiger partial charge in [0.05, 0.1) is 6.04 Å². The van der Waals surface area contributed by atoms with Crippen molar-refractivity contribution in [3.05, 3.63) is 69.0 Å². The monoisotopic (exact) mass is 305 g/mol. The molecule has 0 amide bonds. The number of hydrogen-bond donors (Lipinski definition) is 1. The highest BCUT2D eigenvalue weighted by molar-refractivity contribution is 6.31. The molecule has 0 spiro atoms. The largest absolute Gasteiger partial charge is 0.307 e. The van der Waals surface area contributed by atoms with Crippen molar-refractivity contribution in [2.45, 2.75) is 33.7 Å². The summed E-state index contributed by atoms with van der Waals surface area (Å²) >= 11 is 6.18. The van der Waals surface area contributed by atoms with Crippen LogP contribution in [0, 0.1) is 26.6 Å². The second-order valence-electron chi connectivity index (χ2n) is 5.46. The summed E-state index contributed by atoms with van der Waals surface area (Å²) in [7, 11) is 0. The molecule has 1 N–H and O–H groups in total. The van der Waals surface area contributed by atoms with Crippen LogP contribution in [0.4, 0.5) is 4.39 Å². The van der Waals surface area contributed by atoms with Crippen LogP contribution in [0.2, 0.25) is 5.02 Å². The molecule has 0 saturated carbocycles. The highest BCUT2D eigenvalue weighted by Crippen LogP contribution is 2.30. The highest BCUT2D eigenvalue weighted by Gasteiger charge is 2.17. The lowest BCUT2D eigenvalue weighted by molar-refractivity contribution is 0.596. The average Bonchev–Trinajstić information content (AvgIpc) is 2.44. The number of aryl methyl sites for hydroxylation is 3. The van der Waals surface area contributed by atoms with Crippen LogP contribution in [-0.4, -0.2) is 6.54 Å². The molecule has 2 aromatic carbocycles. The van der Waals surface area contributed by atoms with E-state index in [0.717, 1.165) is 33.8 Å². The maximum Gasteiger partial charge on any atom is 0.126 e. The van der Waals surface area contributed by atoms with Gasteiger partial charge >= 0.3 is 0 Å². The van der Waals surface area contributed by atoms with Gasteiger partial charge in [-0.05, 0) is 67.3 Å². The van der Waals surface area contributed by atoms with E-state index in [1.165, 1.54) is 0 Å². The summed E-state index contributed by atoms with van der Waals surface area (Å²) in [5, 5.41) is 4.20. The van der Waals surface area contributed by atoms with Crippen molar-refractivity contribution in [2.75, 3.05) is 6.54 Å². The zero-order valence-electron chi connectivity index (χ0n) is 12.9. The normalized spacial score (nSPS) is 12.5. The zero-order valence-corrected chi connectivity index (χ0v) is 13.7. The SMILES string of the molecule is CCNC(c1ccc(C)c(F)c1)c1cc(C)c(Cl)cc1C. The average molecular weight is 306 g/mol. The van der Waals surface area contributed by atoms with Crippen LogP contribution in [0.1, 0.15) is 40.8 Å². The van der Waals surface area contributed by atoms with Crippen molar-refractivity contribution in [1.29, 1.82) is 0 Å². The third-order valence-corrected chi connectivity index (χ3v) is 4.20. The molecule has 0 aromatic heterocycles. The molecule has 1 unspecified atom stereocenters. The molecular formula is C18H21ClFN. The van der Waals surface area contributed by atoms with Crippen LogP contribution < -0.4 is 5.32 Å². The van der Waals surface area contributed by atoms with Crippen LogP contribution in [-0.2, 0) is 0 Å². The number of benzene rings is 2. The van der Waals surface area contributed by atoms with Crippen LogP contribution in [0.15, 0.2) is 30.3 Å². The number of hydrogen-bond acceptors (Lipinski definition) is 1. The van der Waals surface area contributed by atoms with Crippen LogP contribution in [0.5, 0.6) is 0 Å². The lowest BCUT2D eigenvalue weighted by atomic mass is 9.93. The molecule has 0 radical (unpaired) electrons. The molecule has 0 bridgehead atoms. The fourth-order valence-corrected chi connectivity index (χ4v) is 2.73. The first-order chi connectivity index (χ1) is 9.93. The molecule has 2 rings (SSSR count). The summed E-state index contributed by atoms with van der Waals surface area (Å²) in [6, 6.07) is 9.46. The maximum atomic E-state index is 13.9. The molecule has 2 aromatic rings. The van der Waals surface area contributed by atoms with Gasteiger partial charge in [-0.2, -0.15) is 0 Å².